The minimum atomic E-state index is -5.61. The molecule has 0 radical (unpaired) electrons. The monoisotopic (exact) mass is 1190 g/mol. The van der Waals surface area contributed by atoms with Crippen LogP contribution in [0.3, 0.4) is 0 Å². The Hall–Kier alpha value is -4.27. The molecule has 3 heterocycles. The second kappa shape index (κ2) is 32.1. The highest BCUT2D eigenvalue weighted by atomic mass is 32.2. The van der Waals surface area contributed by atoms with Crippen molar-refractivity contribution in [1.82, 2.24) is 30.2 Å². The molecule has 10 atom stereocenters. The number of ether oxygens (including phenoxy) is 1. The molecule has 0 aliphatic carbocycles. The first kappa shape index (κ1) is 67.0. The third-order valence-electron chi connectivity index (χ3n) is 10.6. The number of carboxylic acids is 2. The number of carbonyl (C=O) groups excluding carboxylic acids is 3. The van der Waals surface area contributed by atoms with E-state index in [0.717, 1.165) is 35.4 Å². The zero-order valence-electron chi connectivity index (χ0n) is 41.5. The third-order valence-corrected chi connectivity index (χ3v) is 15.9. The van der Waals surface area contributed by atoms with Gasteiger partial charge in [0.25, 0.3) is 0 Å². The molecule has 1 aliphatic rings. The number of thioether (sulfide) groups is 2. The van der Waals surface area contributed by atoms with E-state index in [4.69, 9.17) is 35.5 Å². The van der Waals surface area contributed by atoms with Gasteiger partial charge in [-0.25, -0.2) is 28.6 Å². The second-order valence-corrected chi connectivity index (χ2v) is 23.9. The van der Waals surface area contributed by atoms with Gasteiger partial charge in [0, 0.05) is 48.1 Å². The Morgan fingerprint density at radius 2 is 1.61 bits per heavy atom. The fourth-order valence-corrected chi connectivity index (χ4v) is 11.1. The zero-order chi connectivity index (χ0) is 57.6. The highest BCUT2D eigenvalue weighted by molar-refractivity contribution is 8.14. The summed E-state index contributed by atoms with van der Waals surface area (Å²) in [6.45, 7) is 0.262. The van der Waals surface area contributed by atoms with Crippen LogP contribution in [0, 0.1) is 5.41 Å². The van der Waals surface area contributed by atoms with Gasteiger partial charge in [-0.3, -0.25) is 42.1 Å². The number of hydrogen-bond donors (Lipinski definition) is 13. The van der Waals surface area contributed by atoms with E-state index in [2.05, 4.69) is 34.4 Å². The maximum Gasteiger partial charge on any atom is 0.481 e. The van der Waals surface area contributed by atoms with Crippen LogP contribution in [0.5, 0.6) is 0 Å². The lowest BCUT2D eigenvalue weighted by atomic mass is 9.87. The SMILES string of the molecule is CC(C)(COP(=O)(O)OP(=O)(O)OC[C@H]1O[C@@H](n2cnc3c(N)ncnc32)[C@@H](O)[C@H]1OP(=O)(O)O)C(O)C(=O)NCCC(=O)NCCSC(=O)/C=C/CCC\C=C/C=C/C=C/[C@@H](SC[C@@H](N)C(=O)O)[C@@H](O)CCCC(=O)O. The zero-order valence-corrected chi connectivity index (χ0v) is 45.8. The van der Waals surface area contributed by atoms with E-state index >= 15 is 0 Å². The van der Waals surface area contributed by atoms with Gasteiger partial charge in [-0.15, -0.1) is 11.8 Å². The van der Waals surface area contributed by atoms with Gasteiger partial charge >= 0.3 is 35.4 Å². The molecular formula is C42H65N8O22P3S2. The average Bonchev–Trinajstić information content (AvgIpc) is 3.90. The Kier molecular flexibility index (Phi) is 27.9. The number of carboxylic acid groups (broad SMARTS) is 2. The first-order valence-electron chi connectivity index (χ1n) is 23.2. The number of nitrogens with zero attached hydrogens (tertiary/aromatic N) is 4. The number of anilines is 1. The number of amides is 2. The summed E-state index contributed by atoms with van der Waals surface area (Å²) >= 11 is 2.14. The largest absolute Gasteiger partial charge is 0.481 e. The molecule has 35 heteroatoms. The predicted octanol–water partition coefficient (Wildman–Crippen LogP) is 1.19. The first-order chi connectivity index (χ1) is 36.0. The van der Waals surface area contributed by atoms with Gasteiger partial charge in [-0.2, -0.15) is 4.31 Å². The van der Waals surface area contributed by atoms with Gasteiger partial charge in [-0.05, 0) is 38.2 Å². The van der Waals surface area contributed by atoms with E-state index in [9.17, 15) is 72.6 Å². The van der Waals surface area contributed by atoms with Crippen molar-refractivity contribution in [3.8, 4) is 0 Å². The predicted molar refractivity (Wildman–Crippen MR) is 277 cm³/mol. The number of carbonyl (C=O) groups is 5. The molecule has 15 N–H and O–H groups in total. The Morgan fingerprint density at radius 3 is 2.30 bits per heavy atom. The molecule has 0 spiro atoms. The van der Waals surface area contributed by atoms with Gasteiger partial charge in [0.15, 0.2) is 17.7 Å². The van der Waals surface area contributed by atoms with Crippen molar-refractivity contribution >= 4 is 92.8 Å². The number of nitrogens with two attached hydrogens (primary N) is 2. The van der Waals surface area contributed by atoms with E-state index in [1.165, 1.54) is 31.7 Å². The first-order valence-corrected chi connectivity index (χ1v) is 29.8. The molecule has 3 unspecified atom stereocenters. The summed E-state index contributed by atoms with van der Waals surface area (Å²) in [6.07, 6.45) is 8.26. The van der Waals surface area contributed by atoms with Crippen LogP contribution in [0.4, 0.5) is 5.82 Å². The Balaban J connectivity index is 1.32. The number of fused-ring (bicyclic) bond motifs is 1. The number of aliphatic hydroxyl groups is 3. The van der Waals surface area contributed by atoms with Crippen LogP contribution in [-0.2, 0) is 60.3 Å². The highest BCUT2D eigenvalue weighted by Crippen LogP contribution is 2.61. The number of unbranched alkanes of at least 4 members (excludes halogenated alkanes) is 2. The second-order valence-electron chi connectivity index (χ2n) is 17.4. The number of allylic oxidation sites excluding steroid dienone is 6. The molecule has 0 saturated carbocycles. The maximum atomic E-state index is 12.8. The molecule has 1 fully saturated rings. The van der Waals surface area contributed by atoms with Crippen LogP contribution < -0.4 is 22.1 Å². The van der Waals surface area contributed by atoms with Crippen LogP contribution in [0.25, 0.3) is 11.2 Å². The van der Waals surface area contributed by atoms with Crippen molar-refractivity contribution in [2.45, 2.75) is 107 Å². The summed E-state index contributed by atoms with van der Waals surface area (Å²) in [5.74, 6) is -3.39. The van der Waals surface area contributed by atoms with Crippen molar-refractivity contribution in [2.75, 3.05) is 43.5 Å². The molecule has 3 rings (SSSR count). The fourth-order valence-electron chi connectivity index (χ4n) is 6.55. The average molecular weight is 1190 g/mol. The van der Waals surface area contributed by atoms with Crippen LogP contribution in [0.15, 0.2) is 61.3 Å². The molecule has 2 amide bonds. The minimum Gasteiger partial charge on any atom is -0.481 e. The van der Waals surface area contributed by atoms with E-state index in [1.54, 1.807) is 30.4 Å². The number of phosphoric acid groups is 3. The van der Waals surface area contributed by atoms with Crippen LogP contribution in [-0.4, -0.2) is 173 Å². The summed E-state index contributed by atoms with van der Waals surface area (Å²) in [5, 5.41) is 54.2. The molecule has 432 valence electrons. The third kappa shape index (κ3) is 24.7. The lowest BCUT2D eigenvalue weighted by molar-refractivity contribution is -0.138. The lowest BCUT2D eigenvalue weighted by Gasteiger charge is -2.30. The number of aromatic nitrogens is 4. The lowest BCUT2D eigenvalue weighted by Crippen LogP contribution is -2.46. The van der Waals surface area contributed by atoms with Crippen LogP contribution >= 0.6 is 47.0 Å². The van der Waals surface area contributed by atoms with Crippen molar-refractivity contribution in [1.29, 1.82) is 0 Å². The topological polar surface area (TPSA) is 484 Å². The Labute approximate surface area is 449 Å². The number of nitrogen functional groups attached to an aromatic ring is 1. The smallest absolute Gasteiger partial charge is 0.481 e. The number of imidazole rings is 1. The van der Waals surface area contributed by atoms with E-state index in [0.29, 0.717) is 12.8 Å². The molecule has 0 aromatic carbocycles. The van der Waals surface area contributed by atoms with Crippen molar-refractivity contribution in [2.24, 2.45) is 11.1 Å². The van der Waals surface area contributed by atoms with E-state index < -0.39 is 114 Å². The highest BCUT2D eigenvalue weighted by Gasteiger charge is 2.50. The van der Waals surface area contributed by atoms with E-state index in [-0.39, 0.29) is 72.4 Å². The van der Waals surface area contributed by atoms with Gasteiger partial charge < -0.3 is 71.9 Å². The molecule has 1 aliphatic heterocycles. The number of rotatable bonds is 36. The Morgan fingerprint density at radius 1 is 0.922 bits per heavy atom. The molecule has 30 nitrogen and oxygen atoms in total. The normalized spacial score (nSPS) is 20.6. The number of nitrogens with one attached hydrogen (secondary N) is 2. The van der Waals surface area contributed by atoms with Crippen molar-refractivity contribution < 1.29 is 105 Å². The fraction of sp³-hybridized carbons (Fsp3) is 0.571. The quantitative estimate of drug-likeness (QED) is 0.0197. The number of hydrogen-bond acceptors (Lipinski definition) is 23. The van der Waals surface area contributed by atoms with Gasteiger partial charge in [0.05, 0.1) is 25.6 Å². The van der Waals surface area contributed by atoms with Crippen molar-refractivity contribution in [3.63, 3.8) is 0 Å². The van der Waals surface area contributed by atoms with E-state index in [1.807, 2.05) is 12.2 Å². The van der Waals surface area contributed by atoms with Crippen LogP contribution in [0.2, 0.25) is 0 Å². The summed E-state index contributed by atoms with van der Waals surface area (Å²) in [7, 11) is -16.5. The number of aliphatic carboxylic acids is 2. The van der Waals surface area contributed by atoms with Gasteiger partial charge in [-0.1, -0.05) is 68.1 Å². The molecule has 77 heavy (non-hydrogen) atoms. The van der Waals surface area contributed by atoms with Gasteiger partial charge in [0.1, 0.15) is 42.3 Å². The minimum absolute atomic E-state index is 0.0146. The standard InChI is InChI=1S/C42H65N8O22P3S2/c1-42(2,23-69-75(66,67)72-74(64,65)68-21-28-35(71-73(61,62)63)34(56)40(70-28)50-25-49-33-37(44)47-24-48-38(33)50)36(57)39(58)46-18-17-30(52)45-19-20-76-32(55)16-11-9-7-5-3-4-6-8-10-14-29(77-22-26(43)41(59)60)27(51)13-12-15-31(53)54/h3-4,6,8,10-11,14,16,24-29,34-36,40,51,56-57H,5,7,9,12-13,15,17-23,43H2,1-2H3,(H,45,52)(H,46,58)(H,53,54)(H,59,60)(H,64,65)(H,66,67)(H2,44,47,48)(H2,61,62,63)/b4-3-,8-6+,14-10+,16-11+/t26-,27+,28-,29-,34+,35+,36?,40-/m1/s1. The van der Waals surface area contributed by atoms with Gasteiger partial charge in [0.2, 0.25) is 16.9 Å². The summed E-state index contributed by atoms with van der Waals surface area (Å²) in [5.41, 5.74) is 9.78. The van der Waals surface area contributed by atoms with Crippen LogP contribution in [0.1, 0.15) is 65.0 Å². The molecule has 2 aromatic heterocycles. The maximum absolute atomic E-state index is 12.8. The summed E-state index contributed by atoms with van der Waals surface area (Å²) in [4.78, 5) is 110. The Bertz CT molecular complexity index is 2570. The number of aliphatic hydroxyl groups excluding tert-OH is 3. The molecule has 2 aromatic rings. The molecular weight excluding hydrogens is 1130 g/mol. The number of phosphoric ester groups is 3. The molecule has 0 bridgehead atoms. The van der Waals surface area contributed by atoms with Crippen molar-refractivity contribution in [3.05, 3.63) is 61.3 Å². The summed E-state index contributed by atoms with van der Waals surface area (Å²) in [6, 6.07) is -1.11. The summed E-state index contributed by atoms with van der Waals surface area (Å²) < 4.78 is 62.4. The molecule has 1 saturated heterocycles.